The summed E-state index contributed by atoms with van der Waals surface area (Å²) >= 11 is 12.7. The van der Waals surface area contributed by atoms with Gasteiger partial charge in [-0.15, -0.1) is 0 Å². The normalized spacial score (nSPS) is 20.6. The Bertz CT molecular complexity index is 1220. The van der Waals surface area contributed by atoms with Gasteiger partial charge in [-0.25, -0.2) is 4.98 Å². The number of carbonyl (C=O) groups excluding carboxylic acids is 1. The number of hydrogen-bond donors (Lipinski definition) is 0. The number of morpholine rings is 1. The number of hydrogen-bond acceptors (Lipinski definition) is 6. The summed E-state index contributed by atoms with van der Waals surface area (Å²) in [5.74, 6) is 0.497. The zero-order chi connectivity index (χ0) is 23.1. The summed E-state index contributed by atoms with van der Waals surface area (Å²) < 4.78 is 11.3. The highest BCUT2D eigenvalue weighted by Crippen LogP contribution is 2.38. The second-order valence-electron chi connectivity index (χ2n) is 8.30. The quantitative estimate of drug-likeness (QED) is 0.549. The molecule has 172 valence electrons. The van der Waals surface area contributed by atoms with Crippen molar-refractivity contribution in [3.05, 3.63) is 58.0 Å². The van der Waals surface area contributed by atoms with Crippen molar-refractivity contribution in [2.45, 2.75) is 25.5 Å². The van der Waals surface area contributed by atoms with E-state index in [-0.39, 0.29) is 11.9 Å². The van der Waals surface area contributed by atoms with Crippen LogP contribution in [0.1, 0.15) is 24.1 Å². The lowest BCUT2D eigenvalue weighted by Gasteiger charge is -2.40. The van der Waals surface area contributed by atoms with Crippen molar-refractivity contribution < 1.29 is 14.3 Å². The van der Waals surface area contributed by atoms with Crippen LogP contribution in [0.25, 0.3) is 10.8 Å². The monoisotopic (exact) mass is 486 g/mol. The number of carbonyl (C=O) groups is 1. The van der Waals surface area contributed by atoms with Gasteiger partial charge in [-0.2, -0.15) is 0 Å². The van der Waals surface area contributed by atoms with Crippen LogP contribution in [0.3, 0.4) is 0 Å². The van der Waals surface area contributed by atoms with E-state index >= 15 is 0 Å². The predicted octanol–water partition coefficient (Wildman–Crippen LogP) is 4.30. The Balaban J connectivity index is 1.40. The molecule has 4 heterocycles. The molecule has 0 spiro atoms. The molecule has 2 aliphatic heterocycles. The van der Waals surface area contributed by atoms with Crippen LogP contribution in [0, 0.1) is 0 Å². The lowest BCUT2D eigenvalue weighted by Crippen LogP contribution is -2.53. The zero-order valence-electron chi connectivity index (χ0n) is 18.4. The van der Waals surface area contributed by atoms with Gasteiger partial charge in [-0.1, -0.05) is 23.2 Å². The summed E-state index contributed by atoms with van der Waals surface area (Å²) in [5, 5.41) is 3.03. The first kappa shape index (κ1) is 22.2. The molecule has 33 heavy (non-hydrogen) atoms. The van der Waals surface area contributed by atoms with Gasteiger partial charge in [0.2, 0.25) is 5.88 Å². The summed E-state index contributed by atoms with van der Waals surface area (Å²) in [6.45, 7) is 4.16. The highest BCUT2D eigenvalue weighted by atomic mass is 35.5. The lowest BCUT2D eigenvalue weighted by molar-refractivity contribution is -0.147. The molecule has 0 unspecified atom stereocenters. The Kier molecular flexibility index (Phi) is 6.03. The van der Waals surface area contributed by atoms with E-state index in [9.17, 15) is 4.79 Å². The number of ether oxygens (including phenoxy) is 2. The van der Waals surface area contributed by atoms with Crippen LogP contribution in [-0.4, -0.2) is 60.2 Å². The van der Waals surface area contributed by atoms with Crippen LogP contribution in [0.5, 0.6) is 5.88 Å². The summed E-state index contributed by atoms with van der Waals surface area (Å²) in [6.07, 6.45) is 5.42. The van der Waals surface area contributed by atoms with Crippen LogP contribution in [-0.2, 0) is 16.0 Å². The first-order valence-electron chi connectivity index (χ1n) is 10.9. The number of fused-ring (bicyclic) bond motifs is 2. The van der Waals surface area contributed by atoms with Crippen molar-refractivity contribution in [1.82, 2.24) is 14.9 Å². The van der Waals surface area contributed by atoms with Crippen LogP contribution < -0.4 is 9.64 Å². The molecule has 0 saturated carbocycles. The third-order valence-corrected chi connectivity index (χ3v) is 7.01. The highest BCUT2D eigenvalue weighted by molar-refractivity contribution is 6.35. The molecule has 1 amide bonds. The molecule has 9 heteroatoms. The number of anilines is 1. The van der Waals surface area contributed by atoms with E-state index in [0.29, 0.717) is 48.6 Å². The molecular formula is C24H24Cl2N4O3. The van der Waals surface area contributed by atoms with E-state index in [2.05, 4.69) is 14.9 Å². The lowest BCUT2D eigenvalue weighted by atomic mass is 9.93. The molecule has 0 aliphatic carbocycles. The molecule has 0 N–H and O–H groups in total. The standard InChI is InChI=1S/C24H24Cl2N4O3/c1-14-22-15(9-16(25)10-19(22)26)4-6-30(14)24(31)21-13-29(7-8-33-21)20-12-27-11-18-17(20)3-5-28-23(18)32-2/h3,5,9-12,14,21H,4,6-8,13H2,1-2H3/t14-,21+/m0/s1. The van der Waals surface area contributed by atoms with Gasteiger partial charge in [0.1, 0.15) is 0 Å². The first-order valence-corrected chi connectivity index (χ1v) is 11.6. The maximum Gasteiger partial charge on any atom is 0.254 e. The summed E-state index contributed by atoms with van der Waals surface area (Å²) in [6, 6.07) is 5.47. The van der Waals surface area contributed by atoms with Crippen LogP contribution in [0.2, 0.25) is 10.0 Å². The number of amides is 1. The van der Waals surface area contributed by atoms with Crippen molar-refractivity contribution in [1.29, 1.82) is 0 Å². The van der Waals surface area contributed by atoms with Gasteiger partial charge in [0.05, 0.1) is 43.6 Å². The van der Waals surface area contributed by atoms with E-state index in [4.69, 9.17) is 32.7 Å². The van der Waals surface area contributed by atoms with Gasteiger partial charge in [0.15, 0.2) is 6.10 Å². The van der Waals surface area contributed by atoms with Crippen molar-refractivity contribution in [2.75, 3.05) is 38.3 Å². The van der Waals surface area contributed by atoms with Gasteiger partial charge in [0.25, 0.3) is 5.91 Å². The van der Waals surface area contributed by atoms with Gasteiger partial charge in [-0.05, 0) is 42.7 Å². The van der Waals surface area contributed by atoms with E-state index in [1.54, 1.807) is 25.6 Å². The number of benzene rings is 1. The van der Waals surface area contributed by atoms with Crippen molar-refractivity contribution >= 4 is 45.6 Å². The Hall–Kier alpha value is -2.61. The fourth-order valence-corrected chi connectivity index (χ4v) is 5.57. The highest BCUT2D eigenvalue weighted by Gasteiger charge is 2.36. The van der Waals surface area contributed by atoms with Crippen molar-refractivity contribution in [3.8, 4) is 5.88 Å². The van der Waals surface area contributed by atoms with E-state index in [0.717, 1.165) is 27.6 Å². The molecule has 0 radical (unpaired) electrons. The Morgan fingerprint density at radius 1 is 1.21 bits per heavy atom. The maximum absolute atomic E-state index is 13.6. The summed E-state index contributed by atoms with van der Waals surface area (Å²) in [7, 11) is 1.59. The smallest absolute Gasteiger partial charge is 0.254 e. The first-order chi connectivity index (χ1) is 16.0. The number of pyridine rings is 2. The van der Waals surface area contributed by atoms with Gasteiger partial charge < -0.3 is 19.3 Å². The van der Waals surface area contributed by atoms with Crippen LogP contribution >= 0.6 is 23.2 Å². The third-order valence-electron chi connectivity index (χ3n) is 6.48. The Labute approximate surface area is 202 Å². The number of rotatable bonds is 3. The fraction of sp³-hybridized carbons (Fsp3) is 0.375. The van der Waals surface area contributed by atoms with Crippen molar-refractivity contribution in [2.24, 2.45) is 0 Å². The predicted molar refractivity (Wildman–Crippen MR) is 128 cm³/mol. The minimum Gasteiger partial charge on any atom is -0.481 e. The molecule has 3 aromatic rings. The Morgan fingerprint density at radius 3 is 2.88 bits per heavy atom. The maximum atomic E-state index is 13.6. The second-order valence-corrected chi connectivity index (χ2v) is 9.14. The average molecular weight is 487 g/mol. The number of halogens is 2. The van der Waals surface area contributed by atoms with Crippen molar-refractivity contribution in [3.63, 3.8) is 0 Å². The fourth-order valence-electron chi connectivity index (χ4n) is 4.88. The minimum absolute atomic E-state index is 0.0312. The summed E-state index contributed by atoms with van der Waals surface area (Å²) in [5.41, 5.74) is 3.00. The van der Waals surface area contributed by atoms with Crippen LogP contribution in [0.15, 0.2) is 36.8 Å². The Morgan fingerprint density at radius 2 is 2.06 bits per heavy atom. The molecule has 2 atom stereocenters. The topological polar surface area (TPSA) is 67.8 Å². The number of aromatic nitrogens is 2. The molecule has 0 bridgehead atoms. The van der Waals surface area contributed by atoms with Gasteiger partial charge in [-0.3, -0.25) is 9.78 Å². The SMILES string of the molecule is COc1nccc2c(N3CCO[C@@H](C(=O)N4CCc5cc(Cl)cc(Cl)c5[C@@H]4C)C3)cncc12. The molecule has 5 rings (SSSR count). The minimum atomic E-state index is -0.576. The van der Waals surface area contributed by atoms with E-state index < -0.39 is 6.10 Å². The van der Waals surface area contributed by atoms with Gasteiger partial charge in [0, 0.05) is 40.9 Å². The average Bonchev–Trinajstić information content (AvgIpc) is 2.82. The molecule has 1 saturated heterocycles. The number of nitrogens with zero attached hydrogens (tertiary/aromatic N) is 4. The zero-order valence-corrected chi connectivity index (χ0v) is 19.9. The second kappa shape index (κ2) is 8.97. The van der Waals surface area contributed by atoms with Crippen LogP contribution in [0.4, 0.5) is 5.69 Å². The molecule has 1 fully saturated rings. The largest absolute Gasteiger partial charge is 0.481 e. The number of methoxy groups -OCH3 is 1. The van der Waals surface area contributed by atoms with Gasteiger partial charge >= 0.3 is 0 Å². The molecule has 2 aliphatic rings. The summed E-state index contributed by atoms with van der Waals surface area (Å²) in [4.78, 5) is 26.2. The molecule has 7 nitrogen and oxygen atoms in total. The van der Waals surface area contributed by atoms with E-state index in [1.807, 2.05) is 30.2 Å². The third kappa shape index (κ3) is 3.98. The molecular weight excluding hydrogens is 463 g/mol. The molecule has 2 aromatic heterocycles. The van der Waals surface area contributed by atoms with E-state index in [1.165, 1.54) is 0 Å². The molecule has 1 aromatic carbocycles.